The minimum absolute atomic E-state index is 0.00285. The molecule has 1 aromatic carbocycles. The number of nitrogens with one attached hydrogen (secondary N) is 1. The molecule has 2 heterocycles. The molecule has 1 saturated heterocycles. The van der Waals surface area contributed by atoms with E-state index in [-0.39, 0.29) is 35.5 Å². The van der Waals surface area contributed by atoms with Gasteiger partial charge >= 0.3 is 0 Å². The summed E-state index contributed by atoms with van der Waals surface area (Å²) in [6.45, 7) is 9.02. The van der Waals surface area contributed by atoms with Crippen molar-refractivity contribution < 1.29 is 19.1 Å². The normalized spacial score (nSPS) is 19.3. The van der Waals surface area contributed by atoms with E-state index < -0.39 is 6.10 Å². The Labute approximate surface area is 197 Å². The van der Waals surface area contributed by atoms with Crippen LogP contribution < -0.4 is 15.0 Å². The highest BCUT2D eigenvalue weighted by molar-refractivity contribution is 6.00. The SMILES string of the molecule is CC1Oc2ccccc2N(CCC(=O)N2CCC(C(=O)NCC(C)(C)CN(C)C)CC2)C1=O. The number of hydrogen-bond acceptors (Lipinski definition) is 5. The molecular formula is C25H38N4O4. The molecule has 2 aliphatic rings. The average molecular weight is 459 g/mol. The first-order valence-electron chi connectivity index (χ1n) is 11.8. The van der Waals surface area contributed by atoms with E-state index in [2.05, 4.69) is 24.1 Å². The molecule has 3 amide bonds. The number of para-hydroxylation sites is 2. The molecule has 8 nitrogen and oxygen atoms in total. The molecule has 1 fully saturated rings. The predicted octanol–water partition coefficient (Wildman–Crippen LogP) is 2.13. The van der Waals surface area contributed by atoms with Gasteiger partial charge in [-0.1, -0.05) is 26.0 Å². The Bertz CT molecular complexity index is 862. The number of carbonyl (C=O) groups excluding carboxylic acids is 3. The van der Waals surface area contributed by atoms with Crippen molar-refractivity contribution in [2.45, 2.75) is 46.1 Å². The van der Waals surface area contributed by atoms with Gasteiger partial charge in [0.05, 0.1) is 5.69 Å². The lowest BCUT2D eigenvalue weighted by atomic mass is 9.91. The van der Waals surface area contributed by atoms with Gasteiger partial charge in [-0.25, -0.2) is 0 Å². The monoisotopic (exact) mass is 458 g/mol. The first kappa shape index (κ1) is 25.0. The van der Waals surface area contributed by atoms with E-state index in [9.17, 15) is 14.4 Å². The Morgan fingerprint density at radius 2 is 1.85 bits per heavy atom. The zero-order valence-electron chi connectivity index (χ0n) is 20.6. The van der Waals surface area contributed by atoms with Crippen LogP contribution in [0.1, 0.15) is 40.0 Å². The van der Waals surface area contributed by atoms with Gasteiger partial charge in [-0.05, 0) is 51.4 Å². The summed E-state index contributed by atoms with van der Waals surface area (Å²) in [7, 11) is 4.06. The Kier molecular flexibility index (Phi) is 8.00. The third-order valence-corrected chi connectivity index (χ3v) is 6.33. The maximum Gasteiger partial charge on any atom is 0.267 e. The van der Waals surface area contributed by atoms with E-state index in [1.165, 1.54) is 0 Å². The smallest absolute Gasteiger partial charge is 0.267 e. The molecule has 0 aromatic heterocycles. The van der Waals surface area contributed by atoms with Gasteiger partial charge in [-0.3, -0.25) is 14.4 Å². The molecule has 182 valence electrons. The zero-order chi connectivity index (χ0) is 24.2. The van der Waals surface area contributed by atoms with Crippen LogP contribution in [0.4, 0.5) is 5.69 Å². The van der Waals surface area contributed by atoms with Gasteiger partial charge in [-0.15, -0.1) is 0 Å². The molecule has 1 unspecified atom stereocenters. The van der Waals surface area contributed by atoms with E-state index in [0.29, 0.717) is 50.5 Å². The zero-order valence-corrected chi connectivity index (χ0v) is 20.6. The summed E-state index contributed by atoms with van der Waals surface area (Å²) in [6, 6.07) is 7.41. The van der Waals surface area contributed by atoms with Gasteiger partial charge in [0.25, 0.3) is 5.91 Å². The van der Waals surface area contributed by atoms with E-state index in [1.54, 1.807) is 11.8 Å². The van der Waals surface area contributed by atoms with Crippen LogP contribution >= 0.6 is 0 Å². The van der Waals surface area contributed by atoms with Crippen molar-refractivity contribution in [2.24, 2.45) is 11.3 Å². The minimum Gasteiger partial charge on any atom is -0.479 e. The Morgan fingerprint density at radius 1 is 1.18 bits per heavy atom. The number of likely N-dealkylation sites (tertiary alicyclic amines) is 1. The molecule has 0 aliphatic carbocycles. The summed E-state index contributed by atoms with van der Waals surface area (Å²) in [5, 5.41) is 3.10. The van der Waals surface area contributed by atoms with E-state index >= 15 is 0 Å². The molecule has 0 bridgehead atoms. The Balaban J connectivity index is 1.46. The predicted molar refractivity (Wildman–Crippen MR) is 128 cm³/mol. The number of anilines is 1. The van der Waals surface area contributed by atoms with Gasteiger partial charge in [0.15, 0.2) is 6.10 Å². The van der Waals surface area contributed by atoms with Crippen molar-refractivity contribution >= 4 is 23.4 Å². The van der Waals surface area contributed by atoms with Crippen LogP contribution in [-0.2, 0) is 14.4 Å². The summed E-state index contributed by atoms with van der Waals surface area (Å²) in [4.78, 5) is 43.7. The molecule has 0 radical (unpaired) electrons. The van der Waals surface area contributed by atoms with Crippen molar-refractivity contribution in [1.82, 2.24) is 15.1 Å². The highest BCUT2D eigenvalue weighted by Crippen LogP contribution is 2.33. The maximum atomic E-state index is 12.8. The van der Waals surface area contributed by atoms with Crippen LogP contribution in [0.15, 0.2) is 24.3 Å². The number of piperidine rings is 1. The molecule has 1 N–H and O–H groups in total. The van der Waals surface area contributed by atoms with Gasteiger partial charge in [-0.2, -0.15) is 0 Å². The van der Waals surface area contributed by atoms with Crippen LogP contribution in [0.25, 0.3) is 0 Å². The molecule has 8 heteroatoms. The Morgan fingerprint density at radius 3 is 2.52 bits per heavy atom. The van der Waals surface area contributed by atoms with E-state index in [0.717, 1.165) is 6.54 Å². The molecule has 33 heavy (non-hydrogen) atoms. The largest absolute Gasteiger partial charge is 0.479 e. The number of fused-ring (bicyclic) bond motifs is 1. The van der Waals surface area contributed by atoms with Crippen LogP contribution in [0.5, 0.6) is 5.75 Å². The van der Waals surface area contributed by atoms with Crippen LogP contribution in [-0.4, -0.2) is 80.4 Å². The first-order valence-corrected chi connectivity index (χ1v) is 11.8. The van der Waals surface area contributed by atoms with E-state index in [1.807, 2.05) is 43.3 Å². The number of hydrogen-bond donors (Lipinski definition) is 1. The lowest BCUT2D eigenvalue weighted by molar-refractivity contribution is -0.135. The third kappa shape index (κ3) is 6.47. The molecule has 1 aromatic rings. The number of rotatable bonds is 8. The van der Waals surface area contributed by atoms with Gasteiger partial charge in [0.2, 0.25) is 11.8 Å². The van der Waals surface area contributed by atoms with Crippen LogP contribution in [0.3, 0.4) is 0 Å². The number of amides is 3. The molecule has 0 saturated carbocycles. The third-order valence-electron chi connectivity index (χ3n) is 6.33. The van der Waals surface area contributed by atoms with Crippen LogP contribution in [0.2, 0.25) is 0 Å². The minimum atomic E-state index is -0.563. The lowest BCUT2D eigenvalue weighted by Crippen LogP contribution is -2.48. The molecule has 3 rings (SSSR count). The number of benzene rings is 1. The van der Waals surface area contributed by atoms with Crippen molar-refractivity contribution in [3.63, 3.8) is 0 Å². The fourth-order valence-electron chi connectivity index (χ4n) is 4.73. The molecule has 1 atom stereocenters. The second-order valence-corrected chi connectivity index (χ2v) is 10.2. The van der Waals surface area contributed by atoms with Gasteiger partial charge < -0.3 is 24.8 Å². The summed E-state index contributed by atoms with van der Waals surface area (Å²) >= 11 is 0. The Hall–Kier alpha value is -2.61. The fraction of sp³-hybridized carbons (Fsp3) is 0.640. The molecular weight excluding hydrogens is 420 g/mol. The summed E-state index contributed by atoms with van der Waals surface area (Å²) in [6.07, 6.45) is 1.03. The summed E-state index contributed by atoms with van der Waals surface area (Å²) < 4.78 is 5.66. The van der Waals surface area contributed by atoms with Gasteiger partial charge in [0, 0.05) is 45.1 Å². The molecule has 2 aliphatic heterocycles. The van der Waals surface area contributed by atoms with Crippen molar-refractivity contribution in [3.05, 3.63) is 24.3 Å². The summed E-state index contributed by atoms with van der Waals surface area (Å²) in [5.41, 5.74) is 0.712. The number of carbonyl (C=O) groups is 3. The second kappa shape index (κ2) is 10.5. The van der Waals surface area contributed by atoms with Crippen molar-refractivity contribution in [2.75, 3.05) is 51.7 Å². The quantitative estimate of drug-likeness (QED) is 0.645. The average Bonchev–Trinajstić information content (AvgIpc) is 2.77. The highest BCUT2D eigenvalue weighted by atomic mass is 16.5. The lowest BCUT2D eigenvalue weighted by Gasteiger charge is -2.35. The van der Waals surface area contributed by atoms with Gasteiger partial charge in [0.1, 0.15) is 5.75 Å². The second-order valence-electron chi connectivity index (χ2n) is 10.2. The summed E-state index contributed by atoms with van der Waals surface area (Å²) in [5.74, 6) is 0.577. The number of ether oxygens (including phenoxy) is 1. The van der Waals surface area contributed by atoms with Crippen molar-refractivity contribution in [3.8, 4) is 5.75 Å². The van der Waals surface area contributed by atoms with Crippen molar-refractivity contribution in [1.29, 1.82) is 0 Å². The van der Waals surface area contributed by atoms with Crippen LogP contribution in [0, 0.1) is 11.3 Å². The molecule has 0 spiro atoms. The van der Waals surface area contributed by atoms with E-state index in [4.69, 9.17) is 4.74 Å². The standard InChI is InChI=1S/C25H38N4O4/c1-18-24(32)29(20-8-6-7-9-21(20)33-18)15-12-22(30)28-13-10-19(11-14-28)23(31)26-16-25(2,3)17-27(4)5/h6-9,18-19H,10-17H2,1-5H3,(H,26,31). The fourth-order valence-corrected chi connectivity index (χ4v) is 4.73. The highest BCUT2D eigenvalue weighted by Gasteiger charge is 2.33. The maximum absolute atomic E-state index is 12.8. The first-order chi connectivity index (χ1) is 15.6. The number of nitrogens with zero attached hydrogens (tertiary/aromatic N) is 3. The topological polar surface area (TPSA) is 82.2 Å².